The number of carbonyl (C=O) groups excluding carboxylic acids is 1. The van der Waals surface area contributed by atoms with Crippen LogP contribution in [0.2, 0.25) is 0 Å². The van der Waals surface area contributed by atoms with E-state index in [1.54, 1.807) is 38.6 Å². The highest BCUT2D eigenvalue weighted by Crippen LogP contribution is 2.25. The molecule has 1 aromatic heterocycles. The SMILES string of the molecule is COc1cc(NC(=O)CCN(C)Cc2ccn[nH]2)cc(OC)c1. The maximum absolute atomic E-state index is 12.1. The van der Waals surface area contributed by atoms with Crippen LogP contribution in [0.3, 0.4) is 0 Å². The van der Waals surface area contributed by atoms with Crippen molar-refractivity contribution in [3.05, 3.63) is 36.2 Å². The molecule has 0 aliphatic heterocycles. The second kappa shape index (κ2) is 8.19. The summed E-state index contributed by atoms with van der Waals surface area (Å²) in [5.74, 6) is 1.21. The third kappa shape index (κ3) is 5.30. The molecule has 124 valence electrons. The second-order valence-electron chi connectivity index (χ2n) is 5.22. The van der Waals surface area contributed by atoms with E-state index < -0.39 is 0 Å². The number of nitrogens with zero attached hydrogens (tertiary/aromatic N) is 2. The second-order valence-corrected chi connectivity index (χ2v) is 5.22. The average molecular weight is 318 g/mol. The normalized spacial score (nSPS) is 10.6. The number of aromatic amines is 1. The fourth-order valence-corrected chi connectivity index (χ4v) is 2.14. The van der Waals surface area contributed by atoms with Crippen LogP contribution in [0.25, 0.3) is 0 Å². The molecule has 0 unspecified atom stereocenters. The van der Waals surface area contributed by atoms with E-state index in [0.717, 1.165) is 12.2 Å². The van der Waals surface area contributed by atoms with Gasteiger partial charge in [-0.3, -0.25) is 9.89 Å². The van der Waals surface area contributed by atoms with E-state index in [4.69, 9.17) is 9.47 Å². The van der Waals surface area contributed by atoms with Crippen LogP contribution in [-0.2, 0) is 11.3 Å². The fourth-order valence-electron chi connectivity index (χ4n) is 2.14. The molecule has 0 saturated carbocycles. The van der Waals surface area contributed by atoms with E-state index in [9.17, 15) is 4.79 Å². The number of anilines is 1. The summed E-state index contributed by atoms with van der Waals surface area (Å²) in [7, 11) is 5.11. The van der Waals surface area contributed by atoms with Crippen molar-refractivity contribution < 1.29 is 14.3 Å². The van der Waals surface area contributed by atoms with Gasteiger partial charge < -0.3 is 19.7 Å². The van der Waals surface area contributed by atoms with E-state index in [1.165, 1.54) is 0 Å². The highest BCUT2D eigenvalue weighted by molar-refractivity contribution is 5.91. The molecule has 1 heterocycles. The van der Waals surface area contributed by atoms with Gasteiger partial charge in [0.15, 0.2) is 0 Å². The van der Waals surface area contributed by atoms with Gasteiger partial charge in [-0.25, -0.2) is 0 Å². The van der Waals surface area contributed by atoms with Crippen molar-refractivity contribution in [2.24, 2.45) is 0 Å². The van der Waals surface area contributed by atoms with Crippen LogP contribution in [0, 0.1) is 0 Å². The summed E-state index contributed by atoms with van der Waals surface area (Å²) in [6.07, 6.45) is 2.11. The number of rotatable bonds is 8. The van der Waals surface area contributed by atoms with Crippen LogP contribution in [-0.4, -0.2) is 48.8 Å². The molecule has 7 nitrogen and oxygen atoms in total. The fraction of sp³-hybridized carbons (Fsp3) is 0.375. The highest BCUT2D eigenvalue weighted by Gasteiger charge is 2.08. The lowest BCUT2D eigenvalue weighted by Crippen LogP contribution is -2.24. The number of aromatic nitrogens is 2. The van der Waals surface area contributed by atoms with Crippen LogP contribution in [0.1, 0.15) is 12.1 Å². The Bertz CT molecular complexity index is 606. The number of methoxy groups -OCH3 is 2. The topological polar surface area (TPSA) is 79.5 Å². The molecular formula is C16H22N4O3. The van der Waals surface area contributed by atoms with Gasteiger partial charge in [0.25, 0.3) is 0 Å². The number of amides is 1. The third-order valence-corrected chi connectivity index (χ3v) is 3.35. The van der Waals surface area contributed by atoms with Crippen LogP contribution >= 0.6 is 0 Å². The predicted octanol–water partition coefficient (Wildman–Crippen LogP) is 1.89. The Hall–Kier alpha value is -2.54. The van der Waals surface area contributed by atoms with E-state index in [1.807, 2.05) is 13.1 Å². The third-order valence-electron chi connectivity index (χ3n) is 3.35. The maximum Gasteiger partial charge on any atom is 0.225 e. The molecule has 1 aromatic carbocycles. The summed E-state index contributed by atoms with van der Waals surface area (Å²) in [5, 5.41) is 9.66. The lowest BCUT2D eigenvalue weighted by Gasteiger charge is -2.15. The van der Waals surface area contributed by atoms with E-state index in [-0.39, 0.29) is 5.91 Å². The zero-order valence-corrected chi connectivity index (χ0v) is 13.6. The van der Waals surface area contributed by atoms with Gasteiger partial charge in [-0.05, 0) is 13.1 Å². The average Bonchev–Trinajstić information content (AvgIpc) is 3.05. The first-order valence-corrected chi connectivity index (χ1v) is 7.30. The summed E-state index contributed by atoms with van der Waals surface area (Å²) < 4.78 is 10.4. The van der Waals surface area contributed by atoms with Crippen molar-refractivity contribution in [2.75, 3.05) is 33.1 Å². The molecule has 0 radical (unpaired) electrons. The van der Waals surface area contributed by atoms with Crippen molar-refractivity contribution in [1.82, 2.24) is 15.1 Å². The van der Waals surface area contributed by atoms with Gasteiger partial charge in [0.05, 0.1) is 14.2 Å². The first kappa shape index (κ1) is 16.8. The molecule has 0 bridgehead atoms. The van der Waals surface area contributed by atoms with Gasteiger partial charge in [0, 0.05) is 55.3 Å². The van der Waals surface area contributed by atoms with Crippen LogP contribution in [0.5, 0.6) is 11.5 Å². The number of ether oxygens (including phenoxy) is 2. The number of carbonyl (C=O) groups is 1. The van der Waals surface area contributed by atoms with Crippen LogP contribution in [0.15, 0.2) is 30.5 Å². The maximum atomic E-state index is 12.1. The van der Waals surface area contributed by atoms with Gasteiger partial charge in [-0.15, -0.1) is 0 Å². The van der Waals surface area contributed by atoms with Gasteiger partial charge >= 0.3 is 0 Å². The van der Waals surface area contributed by atoms with Gasteiger partial charge in [-0.1, -0.05) is 0 Å². The van der Waals surface area contributed by atoms with Gasteiger partial charge in [-0.2, -0.15) is 5.10 Å². The van der Waals surface area contributed by atoms with E-state index in [0.29, 0.717) is 30.2 Å². The van der Waals surface area contributed by atoms with Gasteiger partial charge in [0.2, 0.25) is 5.91 Å². The Morgan fingerprint density at radius 2 is 1.96 bits per heavy atom. The van der Waals surface area contributed by atoms with Crippen molar-refractivity contribution in [3.63, 3.8) is 0 Å². The quantitative estimate of drug-likeness (QED) is 0.777. The number of hydrogen-bond acceptors (Lipinski definition) is 5. The number of benzene rings is 1. The Morgan fingerprint density at radius 1 is 1.26 bits per heavy atom. The molecule has 23 heavy (non-hydrogen) atoms. The Morgan fingerprint density at radius 3 is 2.52 bits per heavy atom. The molecule has 0 fully saturated rings. The minimum Gasteiger partial charge on any atom is -0.497 e. The van der Waals surface area contributed by atoms with Gasteiger partial charge in [0.1, 0.15) is 11.5 Å². The van der Waals surface area contributed by atoms with Crippen molar-refractivity contribution in [1.29, 1.82) is 0 Å². The molecule has 0 aliphatic carbocycles. The minimum absolute atomic E-state index is 0.0585. The summed E-state index contributed by atoms with van der Waals surface area (Å²) >= 11 is 0. The zero-order valence-electron chi connectivity index (χ0n) is 13.6. The summed E-state index contributed by atoms with van der Waals surface area (Å²) in [6, 6.07) is 7.19. The van der Waals surface area contributed by atoms with Crippen molar-refractivity contribution in [2.45, 2.75) is 13.0 Å². The minimum atomic E-state index is -0.0585. The summed E-state index contributed by atoms with van der Waals surface area (Å²) in [5.41, 5.74) is 1.67. The summed E-state index contributed by atoms with van der Waals surface area (Å²) in [6.45, 7) is 1.37. The smallest absolute Gasteiger partial charge is 0.225 e. The summed E-state index contributed by atoms with van der Waals surface area (Å²) in [4.78, 5) is 14.1. The monoisotopic (exact) mass is 318 g/mol. The number of nitrogens with one attached hydrogen (secondary N) is 2. The highest BCUT2D eigenvalue weighted by atomic mass is 16.5. The van der Waals surface area contributed by atoms with E-state index >= 15 is 0 Å². The molecule has 7 heteroatoms. The van der Waals surface area contributed by atoms with E-state index in [2.05, 4.69) is 20.4 Å². The molecule has 1 amide bonds. The standard InChI is InChI=1S/C16H22N4O3/c1-20(11-12-4-6-17-19-12)7-5-16(21)18-13-8-14(22-2)10-15(9-13)23-3/h4,6,8-10H,5,7,11H2,1-3H3,(H,17,19)(H,18,21). The van der Waals surface area contributed by atoms with Crippen molar-refractivity contribution in [3.8, 4) is 11.5 Å². The van der Waals surface area contributed by atoms with Crippen LogP contribution < -0.4 is 14.8 Å². The van der Waals surface area contributed by atoms with Crippen LogP contribution in [0.4, 0.5) is 5.69 Å². The molecule has 2 rings (SSSR count). The molecule has 0 saturated heterocycles. The Kier molecular flexibility index (Phi) is 5.99. The van der Waals surface area contributed by atoms with Crippen molar-refractivity contribution >= 4 is 11.6 Å². The number of hydrogen-bond donors (Lipinski definition) is 2. The Labute approximate surface area is 135 Å². The molecule has 2 N–H and O–H groups in total. The molecular weight excluding hydrogens is 296 g/mol. The molecule has 2 aromatic rings. The Balaban J connectivity index is 1.84. The first-order chi connectivity index (χ1) is 11.1. The molecule has 0 atom stereocenters. The predicted molar refractivity (Wildman–Crippen MR) is 87.7 cm³/mol. The largest absolute Gasteiger partial charge is 0.497 e. The number of H-pyrrole nitrogens is 1. The molecule has 0 aliphatic rings. The first-order valence-electron chi connectivity index (χ1n) is 7.30. The molecule has 0 spiro atoms. The lowest BCUT2D eigenvalue weighted by molar-refractivity contribution is -0.116. The zero-order chi connectivity index (χ0) is 16.7. The lowest BCUT2D eigenvalue weighted by atomic mass is 10.2.